The SMILES string of the molecule is CCC(C)=CCCF. The van der Waals surface area contributed by atoms with Gasteiger partial charge in [0, 0.05) is 0 Å². The lowest BCUT2D eigenvalue weighted by atomic mass is 10.2. The van der Waals surface area contributed by atoms with E-state index in [1.165, 1.54) is 5.57 Å². The number of alkyl halides is 1. The average Bonchev–Trinajstić information content (AvgIpc) is 1.83. The van der Waals surface area contributed by atoms with E-state index in [-0.39, 0.29) is 6.67 Å². The standard InChI is InChI=1S/C7H13F/c1-3-7(2)5-4-6-8/h5H,3-4,6H2,1-2H3. The van der Waals surface area contributed by atoms with Gasteiger partial charge in [-0.15, -0.1) is 0 Å². The Morgan fingerprint density at radius 1 is 1.62 bits per heavy atom. The molecule has 0 aliphatic heterocycles. The molecule has 0 heterocycles. The molecule has 0 aromatic carbocycles. The molecule has 0 amide bonds. The highest BCUT2D eigenvalue weighted by Gasteiger charge is 1.81. The van der Waals surface area contributed by atoms with Gasteiger partial charge in [-0.2, -0.15) is 0 Å². The zero-order chi connectivity index (χ0) is 6.41. The first-order valence-electron chi connectivity index (χ1n) is 3.02. The largest absolute Gasteiger partial charge is 0.251 e. The molecule has 0 unspecified atom stereocenters. The van der Waals surface area contributed by atoms with E-state index in [1.54, 1.807) is 0 Å². The van der Waals surface area contributed by atoms with Gasteiger partial charge in [0.1, 0.15) is 0 Å². The Kier molecular flexibility index (Phi) is 4.62. The number of allylic oxidation sites excluding steroid dienone is 2. The lowest BCUT2D eigenvalue weighted by Crippen LogP contribution is -1.73. The van der Waals surface area contributed by atoms with E-state index in [0.29, 0.717) is 6.42 Å². The Labute approximate surface area is 50.4 Å². The Hall–Kier alpha value is -0.330. The third-order valence-electron chi connectivity index (χ3n) is 1.16. The first-order valence-corrected chi connectivity index (χ1v) is 3.02. The number of rotatable bonds is 3. The molecule has 1 heteroatoms. The van der Waals surface area contributed by atoms with Crippen LogP contribution < -0.4 is 0 Å². The molecule has 0 rings (SSSR count). The van der Waals surface area contributed by atoms with Gasteiger partial charge in [0.2, 0.25) is 0 Å². The minimum atomic E-state index is -0.225. The molecule has 0 N–H and O–H groups in total. The first kappa shape index (κ1) is 7.67. The summed E-state index contributed by atoms with van der Waals surface area (Å²) in [6.45, 7) is 3.87. The lowest BCUT2D eigenvalue weighted by molar-refractivity contribution is 0.500. The van der Waals surface area contributed by atoms with Gasteiger partial charge in [-0.3, -0.25) is 4.39 Å². The topological polar surface area (TPSA) is 0 Å². The van der Waals surface area contributed by atoms with Crippen molar-refractivity contribution in [2.24, 2.45) is 0 Å². The van der Waals surface area contributed by atoms with Crippen LogP contribution >= 0.6 is 0 Å². The van der Waals surface area contributed by atoms with Crippen molar-refractivity contribution in [3.8, 4) is 0 Å². The second-order valence-corrected chi connectivity index (χ2v) is 1.88. The van der Waals surface area contributed by atoms with Crippen molar-refractivity contribution >= 4 is 0 Å². The zero-order valence-corrected chi connectivity index (χ0v) is 5.58. The summed E-state index contributed by atoms with van der Waals surface area (Å²) in [5.41, 5.74) is 1.28. The van der Waals surface area contributed by atoms with E-state index < -0.39 is 0 Å². The highest BCUT2D eigenvalue weighted by molar-refractivity contribution is 4.96. The van der Waals surface area contributed by atoms with Crippen LogP contribution in [0.1, 0.15) is 26.7 Å². The smallest absolute Gasteiger partial charge is 0.0928 e. The molecular formula is C7H13F. The third kappa shape index (κ3) is 3.85. The second-order valence-electron chi connectivity index (χ2n) is 1.88. The van der Waals surface area contributed by atoms with Crippen LogP contribution in [-0.4, -0.2) is 6.67 Å². The maximum absolute atomic E-state index is 11.4. The van der Waals surface area contributed by atoms with Gasteiger partial charge in [0.15, 0.2) is 0 Å². The van der Waals surface area contributed by atoms with Crippen LogP contribution in [0.5, 0.6) is 0 Å². The van der Waals surface area contributed by atoms with Gasteiger partial charge in [-0.25, -0.2) is 0 Å². The molecule has 0 saturated heterocycles. The van der Waals surface area contributed by atoms with E-state index in [9.17, 15) is 4.39 Å². The zero-order valence-electron chi connectivity index (χ0n) is 5.58. The summed E-state index contributed by atoms with van der Waals surface area (Å²) in [5.74, 6) is 0. The second kappa shape index (κ2) is 4.82. The van der Waals surface area contributed by atoms with Gasteiger partial charge in [-0.1, -0.05) is 18.6 Å². The van der Waals surface area contributed by atoms with E-state index in [2.05, 4.69) is 6.92 Å². The fourth-order valence-corrected chi connectivity index (χ4v) is 0.445. The molecule has 0 aliphatic rings. The molecule has 0 bridgehead atoms. The van der Waals surface area contributed by atoms with E-state index in [1.807, 2.05) is 13.0 Å². The van der Waals surface area contributed by atoms with Gasteiger partial charge >= 0.3 is 0 Å². The predicted octanol–water partition coefficient (Wildman–Crippen LogP) is 2.70. The summed E-state index contributed by atoms with van der Waals surface area (Å²) in [7, 11) is 0. The summed E-state index contributed by atoms with van der Waals surface area (Å²) in [6, 6.07) is 0. The fourth-order valence-electron chi connectivity index (χ4n) is 0.445. The monoisotopic (exact) mass is 116 g/mol. The summed E-state index contributed by atoms with van der Waals surface area (Å²) in [6.07, 6.45) is 3.57. The van der Waals surface area contributed by atoms with Crippen molar-refractivity contribution in [2.75, 3.05) is 6.67 Å². The Balaban J connectivity index is 3.26. The van der Waals surface area contributed by atoms with E-state index in [4.69, 9.17) is 0 Å². The molecule has 0 saturated carbocycles. The molecule has 0 aromatic rings. The van der Waals surface area contributed by atoms with E-state index >= 15 is 0 Å². The molecule has 0 radical (unpaired) electrons. The molecule has 0 atom stereocenters. The number of halogens is 1. The van der Waals surface area contributed by atoms with Crippen LogP contribution in [0, 0.1) is 0 Å². The van der Waals surface area contributed by atoms with Crippen molar-refractivity contribution < 1.29 is 4.39 Å². The van der Waals surface area contributed by atoms with Crippen molar-refractivity contribution in [3.05, 3.63) is 11.6 Å². The summed E-state index contributed by atoms with van der Waals surface area (Å²) >= 11 is 0. The normalized spacial score (nSPS) is 12.1. The molecule has 8 heavy (non-hydrogen) atoms. The van der Waals surface area contributed by atoms with Gasteiger partial charge in [0.25, 0.3) is 0 Å². The van der Waals surface area contributed by atoms with Crippen LogP contribution in [0.25, 0.3) is 0 Å². The number of hydrogen-bond donors (Lipinski definition) is 0. The van der Waals surface area contributed by atoms with E-state index in [0.717, 1.165) is 6.42 Å². The quantitative estimate of drug-likeness (QED) is 0.497. The predicted molar refractivity (Wildman–Crippen MR) is 34.6 cm³/mol. The lowest BCUT2D eigenvalue weighted by Gasteiger charge is -1.90. The van der Waals surface area contributed by atoms with Crippen LogP contribution in [0.2, 0.25) is 0 Å². The average molecular weight is 116 g/mol. The van der Waals surface area contributed by atoms with Crippen LogP contribution in [0.4, 0.5) is 4.39 Å². The molecule has 0 aliphatic carbocycles. The van der Waals surface area contributed by atoms with Crippen molar-refractivity contribution in [2.45, 2.75) is 26.7 Å². The van der Waals surface area contributed by atoms with Crippen molar-refractivity contribution in [1.82, 2.24) is 0 Å². The first-order chi connectivity index (χ1) is 3.81. The summed E-state index contributed by atoms with van der Waals surface area (Å²) < 4.78 is 11.4. The van der Waals surface area contributed by atoms with Gasteiger partial charge in [0.05, 0.1) is 6.67 Å². The molecule has 0 nitrogen and oxygen atoms in total. The Morgan fingerprint density at radius 2 is 2.25 bits per heavy atom. The van der Waals surface area contributed by atoms with Crippen molar-refractivity contribution in [3.63, 3.8) is 0 Å². The fraction of sp³-hybridized carbons (Fsp3) is 0.714. The Morgan fingerprint density at radius 3 is 2.62 bits per heavy atom. The van der Waals surface area contributed by atoms with Gasteiger partial charge < -0.3 is 0 Å². The van der Waals surface area contributed by atoms with Crippen LogP contribution in [-0.2, 0) is 0 Å². The van der Waals surface area contributed by atoms with Gasteiger partial charge in [-0.05, 0) is 19.8 Å². The summed E-state index contributed by atoms with van der Waals surface area (Å²) in [4.78, 5) is 0. The van der Waals surface area contributed by atoms with Crippen molar-refractivity contribution in [1.29, 1.82) is 0 Å². The molecular weight excluding hydrogens is 103 g/mol. The Bertz CT molecular complexity index is 74.5. The molecule has 0 fully saturated rings. The molecule has 48 valence electrons. The third-order valence-corrected chi connectivity index (χ3v) is 1.16. The maximum atomic E-state index is 11.4. The minimum Gasteiger partial charge on any atom is -0.251 e. The maximum Gasteiger partial charge on any atom is 0.0928 e. The summed E-state index contributed by atoms with van der Waals surface area (Å²) in [5, 5.41) is 0. The van der Waals surface area contributed by atoms with Crippen LogP contribution in [0.15, 0.2) is 11.6 Å². The molecule has 0 spiro atoms. The highest BCUT2D eigenvalue weighted by atomic mass is 19.1. The highest BCUT2D eigenvalue weighted by Crippen LogP contribution is 1.98. The molecule has 0 aromatic heterocycles. The minimum absolute atomic E-state index is 0.225. The number of hydrogen-bond acceptors (Lipinski definition) is 0. The van der Waals surface area contributed by atoms with Crippen LogP contribution in [0.3, 0.4) is 0 Å².